The lowest BCUT2D eigenvalue weighted by molar-refractivity contribution is -0.116. The van der Waals surface area contributed by atoms with Crippen molar-refractivity contribution in [2.45, 2.75) is 32.6 Å². The minimum Gasteiger partial charge on any atom is -0.324 e. The third kappa shape index (κ3) is 4.31. The van der Waals surface area contributed by atoms with Crippen LogP contribution in [0.2, 0.25) is 0 Å². The van der Waals surface area contributed by atoms with Crippen LogP contribution in [-0.4, -0.2) is 19.0 Å². The Hall–Kier alpha value is -1.42. The summed E-state index contributed by atoms with van der Waals surface area (Å²) in [5.41, 5.74) is 1.21. The number of carbonyl (C=O) groups is 1. The Kier molecular flexibility index (Phi) is 4.91. The smallest absolute Gasteiger partial charge is 0.224 e. The summed E-state index contributed by atoms with van der Waals surface area (Å²) >= 11 is 0. The van der Waals surface area contributed by atoms with Crippen molar-refractivity contribution in [3.05, 3.63) is 29.6 Å². The van der Waals surface area contributed by atoms with Crippen LogP contribution in [0.15, 0.2) is 18.2 Å². The molecule has 1 atom stereocenters. The van der Waals surface area contributed by atoms with E-state index in [0.29, 0.717) is 12.3 Å². The normalized spacial score (nSPS) is 19.2. The first-order chi connectivity index (χ1) is 9.15. The number of halogens is 1. The quantitative estimate of drug-likeness (QED) is 0.891. The number of amides is 1. The number of carbonyl (C=O) groups excluding carboxylic acids is 1. The Morgan fingerprint density at radius 3 is 3.11 bits per heavy atom. The van der Waals surface area contributed by atoms with E-state index in [0.717, 1.165) is 37.9 Å². The number of anilines is 1. The molecule has 1 aliphatic rings. The number of hydrogen-bond acceptors (Lipinski definition) is 1. The Morgan fingerprint density at radius 1 is 1.53 bits per heavy atom. The fourth-order valence-corrected chi connectivity index (χ4v) is 2.38. The molecule has 1 heterocycles. The third-order valence-corrected chi connectivity index (χ3v) is 3.49. The van der Waals surface area contributed by atoms with E-state index in [1.54, 1.807) is 12.1 Å². The molecular weight excluding hydrogens is 243 g/mol. The van der Waals surface area contributed by atoms with Crippen molar-refractivity contribution in [3.63, 3.8) is 0 Å². The monoisotopic (exact) mass is 263 g/mol. The zero-order valence-electron chi connectivity index (χ0n) is 11.3. The van der Waals surface area contributed by atoms with E-state index in [9.17, 15) is 9.18 Å². The van der Waals surface area contributed by atoms with Crippen LogP contribution >= 0.6 is 0 Å². The predicted octanol–water partition coefficient (Wildman–Crippen LogP) is 2.87. The van der Waals surface area contributed by atoms with E-state index in [-0.39, 0.29) is 17.4 Å². The lowest BCUT2D eigenvalue weighted by atomic mass is 9.94. The van der Waals surface area contributed by atoms with Gasteiger partial charge in [-0.1, -0.05) is 6.07 Å². The summed E-state index contributed by atoms with van der Waals surface area (Å²) in [5, 5.41) is 7.00. The summed E-state index contributed by atoms with van der Waals surface area (Å²) in [7, 11) is 0. The van der Waals surface area contributed by atoms with Gasteiger partial charge in [0.1, 0.15) is 5.82 Å². The van der Waals surface area contributed by atoms with Gasteiger partial charge in [0.2, 0.25) is 5.91 Å². The van der Waals surface area contributed by atoms with Gasteiger partial charge in [-0.3, -0.25) is 4.79 Å². The number of hydrogen-bond donors (Lipinski definition) is 1. The van der Waals surface area contributed by atoms with E-state index in [1.807, 2.05) is 6.92 Å². The molecule has 1 aromatic carbocycles. The summed E-state index contributed by atoms with van der Waals surface area (Å²) in [6, 6.07) is 4.72. The largest absolute Gasteiger partial charge is 0.324 e. The molecule has 4 heteroatoms. The molecule has 1 aliphatic heterocycles. The van der Waals surface area contributed by atoms with E-state index < -0.39 is 0 Å². The van der Waals surface area contributed by atoms with Crippen molar-refractivity contribution in [2.24, 2.45) is 5.92 Å². The highest BCUT2D eigenvalue weighted by atomic mass is 19.1. The first kappa shape index (κ1) is 14.0. The summed E-state index contributed by atoms with van der Waals surface area (Å²) in [6.45, 7) is 3.70. The lowest BCUT2D eigenvalue weighted by Gasteiger charge is -2.20. The average molecular weight is 263 g/mol. The summed E-state index contributed by atoms with van der Waals surface area (Å²) in [6.07, 6.45) is 3.55. The fraction of sp³-hybridized carbons (Fsp3) is 0.533. The SMILES string of the molecule is Cc1ccc(F)c(NC(=O)CCC2CCC[N]C2)c1. The van der Waals surface area contributed by atoms with Crippen LogP contribution in [0.1, 0.15) is 31.2 Å². The lowest BCUT2D eigenvalue weighted by Crippen LogP contribution is -2.25. The second kappa shape index (κ2) is 6.66. The fourth-order valence-electron chi connectivity index (χ4n) is 2.38. The van der Waals surface area contributed by atoms with E-state index in [4.69, 9.17) is 0 Å². The van der Waals surface area contributed by atoms with Crippen LogP contribution in [-0.2, 0) is 4.79 Å². The highest BCUT2D eigenvalue weighted by Crippen LogP contribution is 2.19. The molecule has 0 saturated carbocycles. The number of nitrogens with one attached hydrogen (secondary N) is 1. The standard InChI is InChI=1S/C15H20FN2O/c1-11-4-6-13(16)14(9-11)18-15(19)7-5-12-3-2-8-17-10-12/h4,6,9,12H,2-3,5,7-8,10H2,1H3,(H,18,19). The van der Waals surface area contributed by atoms with Gasteiger partial charge in [-0.2, -0.15) is 0 Å². The van der Waals surface area contributed by atoms with Crippen LogP contribution in [0, 0.1) is 18.7 Å². The van der Waals surface area contributed by atoms with Gasteiger partial charge < -0.3 is 5.32 Å². The Balaban J connectivity index is 1.81. The maximum Gasteiger partial charge on any atom is 0.224 e. The van der Waals surface area contributed by atoms with Gasteiger partial charge in [0, 0.05) is 19.5 Å². The van der Waals surface area contributed by atoms with Crippen LogP contribution in [0.4, 0.5) is 10.1 Å². The Morgan fingerprint density at radius 2 is 2.37 bits per heavy atom. The summed E-state index contributed by atoms with van der Waals surface area (Å²) < 4.78 is 13.5. The van der Waals surface area contributed by atoms with Crippen molar-refractivity contribution in [1.82, 2.24) is 5.32 Å². The maximum absolute atomic E-state index is 13.5. The first-order valence-corrected chi connectivity index (χ1v) is 6.84. The molecule has 0 spiro atoms. The van der Waals surface area contributed by atoms with Gasteiger partial charge in [-0.25, -0.2) is 9.71 Å². The highest BCUT2D eigenvalue weighted by Gasteiger charge is 2.15. The molecule has 19 heavy (non-hydrogen) atoms. The molecule has 0 aromatic heterocycles. The number of aryl methyl sites for hydroxylation is 1. The molecule has 1 unspecified atom stereocenters. The second-order valence-electron chi connectivity index (χ2n) is 5.21. The molecule has 3 nitrogen and oxygen atoms in total. The number of rotatable bonds is 4. The van der Waals surface area contributed by atoms with Gasteiger partial charge >= 0.3 is 0 Å². The summed E-state index contributed by atoms with van der Waals surface area (Å²) in [4.78, 5) is 11.8. The molecule has 1 fully saturated rings. The zero-order chi connectivity index (χ0) is 13.7. The Bertz CT molecular complexity index is 442. The Labute approximate surface area is 113 Å². The van der Waals surface area contributed by atoms with Crippen molar-refractivity contribution in [3.8, 4) is 0 Å². The van der Waals surface area contributed by atoms with E-state index in [2.05, 4.69) is 10.6 Å². The van der Waals surface area contributed by atoms with E-state index >= 15 is 0 Å². The maximum atomic E-state index is 13.5. The van der Waals surface area contributed by atoms with Gasteiger partial charge in [0.05, 0.1) is 5.69 Å². The molecule has 1 N–H and O–H groups in total. The number of benzene rings is 1. The first-order valence-electron chi connectivity index (χ1n) is 6.84. The van der Waals surface area contributed by atoms with Crippen LogP contribution in [0.3, 0.4) is 0 Å². The highest BCUT2D eigenvalue weighted by molar-refractivity contribution is 5.90. The molecule has 0 bridgehead atoms. The van der Waals surface area contributed by atoms with Gasteiger partial charge in [-0.15, -0.1) is 0 Å². The van der Waals surface area contributed by atoms with Crippen LogP contribution in [0.25, 0.3) is 0 Å². The number of nitrogens with zero attached hydrogens (tertiary/aromatic N) is 1. The molecular formula is C15H20FN2O. The molecule has 103 valence electrons. The molecule has 1 aromatic rings. The molecule has 1 radical (unpaired) electrons. The van der Waals surface area contributed by atoms with Gasteiger partial charge in [0.15, 0.2) is 0 Å². The third-order valence-electron chi connectivity index (χ3n) is 3.49. The molecule has 1 amide bonds. The summed E-state index contributed by atoms with van der Waals surface area (Å²) in [5.74, 6) is 0.0172. The van der Waals surface area contributed by atoms with Crippen LogP contribution < -0.4 is 10.6 Å². The van der Waals surface area contributed by atoms with E-state index in [1.165, 1.54) is 6.07 Å². The minimum absolute atomic E-state index is 0.116. The molecule has 2 rings (SSSR count). The molecule has 0 aliphatic carbocycles. The van der Waals surface area contributed by atoms with Crippen LogP contribution in [0.5, 0.6) is 0 Å². The minimum atomic E-state index is -0.383. The topological polar surface area (TPSA) is 43.2 Å². The molecule has 1 saturated heterocycles. The van der Waals surface area contributed by atoms with Crippen molar-refractivity contribution in [1.29, 1.82) is 0 Å². The predicted molar refractivity (Wildman–Crippen MR) is 73.6 cm³/mol. The van der Waals surface area contributed by atoms with Crippen molar-refractivity contribution < 1.29 is 9.18 Å². The second-order valence-corrected chi connectivity index (χ2v) is 5.21. The van der Waals surface area contributed by atoms with Gasteiger partial charge in [0.25, 0.3) is 0 Å². The van der Waals surface area contributed by atoms with Crippen molar-refractivity contribution in [2.75, 3.05) is 18.4 Å². The van der Waals surface area contributed by atoms with Gasteiger partial charge in [-0.05, 0) is 49.8 Å². The van der Waals surface area contributed by atoms with Crippen molar-refractivity contribution >= 4 is 11.6 Å². The number of piperidine rings is 1. The zero-order valence-corrected chi connectivity index (χ0v) is 11.3. The average Bonchev–Trinajstić information content (AvgIpc) is 2.42.